The summed E-state index contributed by atoms with van der Waals surface area (Å²) in [5, 5.41) is 15.3. The summed E-state index contributed by atoms with van der Waals surface area (Å²) in [6.07, 6.45) is -4.70. The highest BCUT2D eigenvalue weighted by atomic mass is 35.5. The van der Waals surface area contributed by atoms with Crippen molar-refractivity contribution in [3.05, 3.63) is 81.9 Å². The first kappa shape index (κ1) is 23.3. The molecule has 0 fully saturated rings. The van der Waals surface area contributed by atoms with Gasteiger partial charge in [-0.25, -0.2) is 13.9 Å². The molecule has 2 N–H and O–H groups in total. The van der Waals surface area contributed by atoms with Crippen LogP contribution in [0.2, 0.25) is 5.02 Å². The normalized spacial score (nSPS) is 12.4. The molecule has 1 amide bonds. The molecule has 0 aliphatic rings. The van der Waals surface area contributed by atoms with E-state index in [2.05, 4.69) is 10.4 Å². The number of halogens is 5. The lowest BCUT2D eigenvalue weighted by Crippen LogP contribution is -2.28. The van der Waals surface area contributed by atoms with E-state index in [0.29, 0.717) is 5.02 Å². The number of amides is 1. The van der Waals surface area contributed by atoms with Crippen molar-refractivity contribution in [2.45, 2.75) is 25.6 Å². The number of nitrogens with one attached hydrogen (secondary N) is 1. The van der Waals surface area contributed by atoms with Gasteiger partial charge in [-0.1, -0.05) is 23.7 Å². The molecule has 168 valence electrons. The molecule has 0 aliphatic carbocycles. The van der Waals surface area contributed by atoms with Gasteiger partial charge in [-0.3, -0.25) is 4.79 Å². The van der Waals surface area contributed by atoms with Crippen molar-refractivity contribution in [3.8, 4) is 5.69 Å². The Bertz CT molecular complexity index is 1180. The Morgan fingerprint density at radius 1 is 1.19 bits per heavy atom. The molecule has 3 rings (SSSR count). The van der Waals surface area contributed by atoms with Gasteiger partial charge < -0.3 is 10.4 Å². The minimum Gasteiger partial charge on any atom is -0.478 e. The van der Waals surface area contributed by atoms with Gasteiger partial charge in [0.2, 0.25) is 5.91 Å². The molecule has 6 nitrogen and oxygen atoms in total. The molecule has 11 heteroatoms. The number of hydrogen-bond acceptors (Lipinski definition) is 3. The van der Waals surface area contributed by atoms with E-state index in [0.717, 1.165) is 22.9 Å². The van der Waals surface area contributed by atoms with Crippen LogP contribution >= 0.6 is 11.6 Å². The summed E-state index contributed by atoms with van der Waals surface area (Å²) in [5.41, 5.74) is -1.14. The van der Waals surface area contributed by atoms with Crippen molar-refractivity contribution in [2.75, 3.05) is 0 Å². The lowest BCUT2D eigenvalue weighted by molar-refractivity contribution is -0.141. The van der Waals surface area contributed by atoms with E-state index in [1.54, 1.807) is 12.1 Å². The molecule has 0 bridgehead atoms. The van der Waals surface area contributed by atoms with Crippen molar-refractivity contribution < 1.29 is 32.3 Å². The predicted molar refractivity (Wildman–Crippen MR) is 107 cm³/mol. The summed E-state index contributed by atoms with van der Waals surface area (Å²) in [4.78, 5) is 23.5. The maximum atomic E-state index is 13.9. The Morgan fingerprint density at radius 3 is 2.50 bits per heavy atom. The topological polar surface area (TPSA) is 84.2 Å². The number of hydrogen-bond donors (Lipinski definition) is 2. The molecule has 0 spiro atoms. The number of carboxylic acid groups (broad SMARTS) is 1. The van der Waals surface area contributed by atoms with Crippen molar-refractivity contribution in [1.29, 1.82) is 0 Å². The quantitative estimate of drug-likeness (QED) is 0.508. The molecule has 1 aromatic heterocycles. The second kappa shape index (κ2) is 8.99. The fraction of sp³-hybridized carbons (Fsp3) is 0.190. The average molecular weight is 470 g/mol. The van der Waals surface area contributed by atoms with E-state index in [9.17, 15) is 27.2 Å². The smallest absolute Gasteiger partial charge is 0.435 e. The largest absolute Gasteiger partial charge is 0.478 e. The maximum Gasteiger partial charge on any atom is 0.435 e. The van der Waals surface area contributed by atoms with Gasteiger partial charge in [-0.05, 0) is 48.9 Å². The molecule has 0 aliphatic heterocycles. The Hall–Kier alpha value is -3.40. The minimum absolute atomic E-state index is 0.0487. The first-order valence-electron chi connectivity index (χ1n) is 9.20. The highest BCUT2D eigenvalue weighted by molar-refractivity contribution is 6.30. The lowest BCUT2D eigenvalue weighted by Gasteiger charge is -2.14. The summed E-state index contributed by atoms with van der Waals surface area (Å²) in [5.74, 6) is -3.93. The van der Waals surface area contributed by atoms with Gasteiger partial charge in [0.1, 0.15) is 5.82 Å². The van der Waals surface area contributed by atoms with Gasteiger partial charge in [0.05, 0.1) is 29.4 Å². The molecule has 0 saturated heterocycles. The van der Waals surface area contributed by atoms with Crippen molar-refractivity contribution >= 4 is 23.5 Å². The Balaban J connectivity index is 1.82. The number of alkyl halides is 3. The monoisotopic (exact) mass is 469 g/mol. The minimum atomic E-state index is -4.70. The molecule has 1 atom stereocenters. The summed E-state index contributed by atoms with van der Waals surface area (Å²) in [6.45, 7) is 1.16. The zero-order valence-corrected chi connectivity index (χ0v) is 17.2. The maximum absolute atomic E-state index is 13.9. The van der Waals surface area contributed by atoms with Crippen molar-refractivity contribution in [1.82, 2.24) is 15.1 Å². The molecule has 0 radical (unpaired) electrons. The molecule has 0 saturated carbocycles. The molecular formula is C21H16ClF4N3O3. The number of rotatable bonds is 6. The molecule has 1 heterocycles. The molecule has 1 unspecified atom stereocenters. The van der Waals surface area contributed by atoms with E-state index in [-0.39, 0.29) is 23.5 Å². The number of carbonyl (C=O) groups is 2. The van der Waals surface area contributed by atoms with Crippen LogP contribution in [-0.2, 0) is 17.5 Å². The first-order valence-corrected chi connectivity index (χ1v) is 9.57. The number of carbonyl (C=O) groups excluding carboxylic acids is 1. The number of aromatic nitrogens is 2. The highest BCUT2D eigenvalue weighted by Crippen LogP contribution is 2.30. The molecule has 3 aromatic rings. The van der Waals surface area contributed by atoms with Crippen LogP contribution in [0.25, 0.3) is 5.69 Å². The van der Waals surface area contributed by atoms with Crippen LogP contribution in [-0.4, -0.2) is 26.8 Å². The number of aromatic carboxylic acids is 1. The van der Waals surface area contributed by atoms with E-state index in [4.69, 9.17) is 16.7 Å². The van der Waals surface area contributed by atoms with Crippen molar-refractivity contribution in [2.24, 2.45) is 0 Å². The second-order valence-corrected chi connectivity index (χ2v) is 7.33. The van der Waals surface area contributed by atoms with Crippen LogP contribution in [0.4, 0.5) is 17.6 Å². The van der Waals surface area contributed by atoms with Crippen LogP contribution in [0.5, 0.6) is 0 Å². The fourth-order valence-corrected chi connectivity index (χ4v) is 3.16. The third-order valence-electron chi connectivity index (χ3n) is 4.69. The van der Waals surface area contributed by atoms with Gasteiger partial charge in [-0.15, -0.1) is 0 Å². The second-order valence-electron chi connectivity index (χ2n) is 6.89. The zero-order valence-electron chi connectivity index (χ0n) is 16.5. The summed E-state index contributed by atoms with van der Waals surface area (Å²) in [7, 11) is 0. The van der Waals surface area contributed by atoms with Crippen LogP contribution in [0.15, 0.2) is 48.5 Å². The van der Waals surface area contributed by atoms with Gasteiger partial charge in [0, 0.05) is 5.02 Å². The molecule has 2 aromatic carbocycles. The standard InChI is InChI=1S/C21H16ClF4N3O3/c1-11(12-5-6-16(20(31)32)17(23)7-12)19(30)27-10-15-9-18(21(24,25)26)28-29(15)14-4-2-3-13(22)8-14/h2-9,11H,10H2,1H3,(H,27,30)(H,31,32). The Morgan fingerprint density at radius 2 is 1.91 bits per heavy atom. The summed E-state index contributed by atoms with van der Waals surface area (Å²) >= 11 is 5.92. The lowest BCUT2D eigenvalue weighted by atomic mass is 9.98. The van der Waals surface area contributed by atoms with Crippen molar-refractivity contribution in [3.63, 3.8) is 0 Å². The third-order valence-corrected chi connectivity index (χ3v) is 4.92. The van der Waals surface area contributed by atoms with Gasteiger partial charge in [-0.2, -0.15) is 18.3 Å². The van der Waals surface area contributed by atoms with E-state index in [1.165, 1.54) is 25.1 Å². The Labute approximate surface area is 184 Å². The predicted octanol–water partition coefficient (Wildman–Crippen LogP) is 4.80. The van der Waals surface area contributed by atoms with Gasteiger partial charge >= 0.3 is 12.1 Å². The summed E-state index contributed by atoms with van der Waals surface area (Å²) < 4.78 is 54.5. The molecular weight excluding hydrogens is 454 g/mol. The average Bonchev–Trinajstić information content (AvgIpc) is 3.16. The molecule has 32 heavy (non-hydrogen) atoms. The Kier molecular flexibility index (Phi) is 6.54. The van der Waals surface area contributed by atoms with E-state index >= 15 is 0 Å². The van der Waals surface area contributed by atoms with Crippen LogP contribution in [0, 0.1) is 5.82 Å². The van der Waals surface area contributed by atoms with E-state index in [1.807, 2.05) is 0 Å². The van der Waals surface area contributed by atoms with Crippen LogP contribution in [0.3, 0.4) is 0 Å². The number of benzene rings is 2. The van der Waals surface area contributed by atoms with Gasteiger partial charge in [0.25, 0.3) is 0 Å². The fourth-order valence-electron chi connectivity index (χ4n) is 2.97. The number of carboxylic acids is 1. The first-order chi connectivity index (χ1) is 15.0. The van der Waals surface area contributed by atoms with Crippen LogP contribution < -0.4 is 5.32 Å². The summed E-state index contributed by atoms with van der Waals surface area (Å²) in [6, 6.07) is 10.1. The van der Waals surface area contributed by atoms with E-state index < -0.39 is 41.0 Å². The number of nitrogens with zero attached hydrogens (tertiary/aromatic N) is 2. The highest BCUT2D eigenvalue weighted by Gasteiger charge is 2.35. The van der Waals surface area contributed by atoms with Crippen LogP contribution in [0.1, 0.15) is 40.2 Å². The zero-order chi connectivity index (χ0) is 23.6. The third kappa shape index (κ3) is 5.08. The SMILES string of the molecule is CC(C(=O)NCc1cc(C(F)(F)F)nn1-c1cccc(Cl)c1)c1ccc(C(=O)O)c(F)c1. The van der Waals surface area contributed by atoms with Gasteiger partial charge in [0.15, 0.2) is 5.69 Å².